The molecule has 0 heterocycles. The molecule has 0 fully saturated rings. The fourth-order valence-corrected chi connectivity index (χ4v) is 0.0393. The topological polar surface area (TPSA) is 57.5 Å². The summed E-state index contributed by atoms with van der Waals surface area (Å²) < 4.78 is 12.3. The minimum Gasteiger partial charge on any atom is -0.393 e. The zero-order valence-electron chi connectivity index (χ0n) is 5.09. The molecule has 0 spiro atoms. The van der Waals surface area contributed by atoms with Crippen LogP contribution in [-0.4, -0.2) is 32.1 Å². The molecule has 0 saturated heterocycles. The monoisotopic (exact) mass is 92.0 g/mol. The van der Waals surface area contributed by atoms with Crippen molar-refractivity contribution < 1.29 is 15.0 Å². The van der Waals surface area contributed by atoms with Crippen LogP contribution in [0.4, 0.5) is 0 Å². The Morgan fingerprint density at radius 1 is 2.17 bits per heavy atom. The zero-order valence-corrected chi connectivity index (χ0v) is 3.09. The summed E-state index contributed by atoms with van der Waals surface area (Å²) in [6, 6.07) is 0. The fourth-order valence-electron chi connectivity index (χ4n) is 0.0393. The van der Waals surface area contributed by atoms with E-state index >= 15 is 0 Å². The van der Waals surface area contributed by atoms with Crippen LogP contribution < -0.4 is 0 Å². The molecule has 0 aromatic rings. The van der Waals surface area contributed by atoms with Crippen molar-refractivity contribution in [2.45, 2.75) is 6.10 Å². The van der Waals surface area contributed by atoms with Gasteiger partial charge in [-0.05, 0) is 0 Å². The van der Waals surface area contributed by atoms with Gasteiger partial charge in [0, 0.05) is 0 Å². The van der Waals surface area contributed by atoms with Gasteiger partial charge in [-0.1, -0.05) is 0 Å². The van der Waals surface area contributed by atoms with Crippen LogP contribution in [0.25, 0.3) is 0 Å². The van der Waals surface area contributed by atoms with Gasteiger partial charge in [-0.2, -0.15) is 0 Å². The second-order valence-corrected chi connectivity index (χ2v) is 0.841. The Hall–Kier alpha value is -0.410. The number of aldehydes is 1. The molecule has 6 heavy (non-hydrogen) atoms. The van der Waals surface area contributed by atoms with Gasteiger partial charge in [0.05, 0.1) is 6.61 Å². The lowest BCUT2D eigenvalue weighted by Gasteiger charge is -1.89. The van der Waals surface area contributed by atoms with Gasteiger partial charge in [0.2, 0.25) is 2.86 Å². The minimum absolute atomic E-state index is 0.188. The second kappa shape index (κ2) is 2.81. The lowest BCUT2D eigenvalue weighted by Crippen LogP contribution is -2.12. The number of carbonyl (C=O) groups is 1. The Kier molecular flexibility index (Phi) is 1.27. The molecule has 0 saturated carbocycles. The Labute approximate surface area is 38.2 Å². The molecule has 0 aliphatic rings. The molecule has 0 aliphatic heterocycles. The molecular weight excluding hydrogens is 84.0 g/mol. The summed E-state index contributed by atoms with van der Waals surface area (Å²) in [5.74, 6) is 0. The van der Waals surface area contributed by atoms with E-state index in [1.807, 2.05) is 0 Å². The van der Waals surface area contributed by atoms with Crippen molar-refractivity contribution >= 4 is 6.29 Å². The molecule has 1 atom stereocenters. The highest BCUT2D eigenvalue weighted by molar-refractivity contribution is 5.55. The van der Waals surface area contributed by atoms with E-state index in [-0.39, 0.29) is 6.61 Å². The lowest BCUT2D eigenvalue weighted by atomic mass is 10.4. The first-order valence-corrected chi connectivity index (χ1v) is 1.50. The van der Waals surface area contributed by atoms with E-state index in [0.717, 1.165) is 0 Å². The summed E-state index contributed by atoms with van der Waals surface area (Å²) in [6.07, 6.45) is -0.519. The SMILES string of the molecule is [2H]OC[C@H](C=O)O[2H]. The third-order valence-corrected chi connectivity index (χ3v) is 0.316. The van der Waals surface area contributed by atoms with E-state index in [1.54, 1.807) is 0 Å². The van der Waals surface area contributed by atoms with Crippen molar-refractivity contribution in [3.05, 3.63) is 0 Å². The summed E-state index contributed by atoms with van der Waals surface area (Å²) in [4.78, 5) is 9.72. The van der Waals surface area contributed by atoms with Crippen LogP contribution >= 0.6 is 0 Å². The molecule has 0 aromatic heterocycles. The minimum atomic E-state index is -0.924. The summed E-state index contributed by atoms with van der Waals surface area (Å²) in [7, 11) is 0. The molecule has 0 bridgehead atoms. The van der Waals surface area contributed by atoms with E-state index < -0.39 is 6.10 Å². The maximum atomic E-state index is 9.72. The van der Waals surface area contributed by atoms with Gasteiger partial charge >= 0.3 is 0 Å². The first kappa shape index (κ1) is 2.71. The largest absolute Gasteiger partial charge is 0.393 e. The lowest BCUT2D eigenvalue weighted by molar-refractivity contribution is -0.116. The Bertz CT molecular complexity index is 67.5. The average Bonchev–Trinajstić information content (AvgIpc) is 1.83. The molecule has 0 aromatic carbocycles. The molecule has 0 unspecified atom stereocenters. The van der Waals surface area contributed by atoms with Crippen molar-refractivity contribution in [1.82, 2.24) is 0 Å². The van der Waals surface area contributed by atoms with Crippen molar-refractivity contribution in [1.29, 1.82) is 2.86 Å². The van der Waals surface area contributed by atoms with E-state index in [0.29, 0.717) is 6.29 Å². The predicted molar refractivity (Wildman–Crippen MR) is 19.2 cm³/mol. The molecule has 2 N–H and O–H groups in total. The maximum absolute atomic E-state index is 9.72. The van der Waals surface area contributed by atoms with Crippen LogP contribution in [0, 0.1) is 0 Å². The predicted octanol–water partition coefficient (Wildman–Crippen LogP) is -1.46. The van der Waals surface area contributed by atoms with Crippen molar-refractivity contribution in [3.8, 4) is 0 Å². The number of hydrogen-bond donors (Lipinski definition) is 2. The van der Waals surface area contributed by atoms with Crippen molar-refractivity contribution in [3.63, 3.8) is 0 Å². The molecule has 0 aliphatic carbocycles. The van der Waals surface area contributed by atoms with Gasteiger partial charge in [-0.3, -0.25) is 0 Å². The molecule has 36 valence electrons. The zero-order chi connectivity index (χ0) is 6.41. The van der Waals surface area contributed by atoms with Crippen LogP contribution in [0.15, 0.2) is 0 Å². The molecule has 3 nitrogen and oxygen atoms in total. The fraction of sp³-hybridized carbons (Fsp3) is 0.667. The van der Waals surface area contributed by atoms with Crippen molar-refractivity contribution in [2.75, 3.05) is 6.61 Å². The normalized spacial score (nSPS) is 18.0. The van der Waals surface area contributed by atoms with Crippen LogP contribution in [0.5, 0.6) is 0 Å². The van der Waals surface area contributed by atoms with E-state index in [9.17, 15) is 4.79 Å². The summed E-state index contributed by atoms with van der Waals surface area (Å²) in [6.45, 7) is -0.188. The average molecular weight is 92.1 g/mol. The Morgan fingerprint density at radius 3 is 3.17 bits per heavy atom. The standard InChI is InChI=1S/C3H6O3/c4-1-3(6)2-5/h1,3,5-6H,2H2/t3-/m0/s1/i5D,6D. The van der Waals surface area contributed by atoms with Gasteiger partial charge in [0.25, 0.3) is 0 Å². The second-order valence-electron chi connectivity index (χ2n) is 0.841. The van der Waals surface area contributed by atoms with Gasteiger partial charge in [0.1, 0.15) is 6.10 Å². The van der Waals surface area contributed by atoms with Gasteiger partial charge in [0.15, 0.2) is 6.29 Å². The number of hydrogen-bond acceptors (Lipinski definition) is 3. The summed E-state index contributed by atoms with van der Waals surface area (Å²) in [5, 5.41) is 7.54. The number of carbonyl (C=O) groups excluding carboxylic acids is 1. The summed E-state index contributed by atoms with van der Waals surface area (Å²) in [5.41, 5.74) is 0. The molecule has 0 radical (unpaired) electrons. The Balaban J connectivity index is 3.21. The summed E-state index contributed by atoms with van der Waals surface area (Å²) >= 11 is 0. The van der Waals surface area contributed by atoms with Gasteiger partial charge in [-0.15, -0.1) is 0 Å². The third-order valence-electron chi connectivity index (χ3n) is 0.316. The smallest absolute Gasteiger partial charge is 0.211 e. The van der Waals surface area contributed by atoms with Crippen LogP contribution in [0.2, 0.25) is 0 Å². The first-order chi connectivity index (χ1) is 3.85. The number of aliphatic hydroxyl groups is 2. The molecule has 0 rings (SSSR count). The number of rotatable bonds is 4. The maximum Gasteiger partial charge on any atom is 0.211 e. The van der Waals surface area contributed by atoms with Gasteiger partial charge in [-0.25, -0.2) is 0 Å². The number of aliphatic hydroxyl groups excluding tert-OH is 2. The van der Waals surface area contributed by atoms with Crippen molar-refractivity contribution in [2.24, 2.45) is 0 Å². The first-order valence-electron chi connectivity index (χ1n) is 2.32. The van der Waals surface area contributed by atoms with Crippen LogP contribution in [-0.2, 0) is 4.79 Å². The third kappa shape index (κ3) is 1.87. The van der Waals surface area contributed by atoms with Gasteiger partial charge < -0.3 is 15.0 Å². The van der Waals surface area contributed by atoms with Crippen LogP contribution in [0.3, 0.4) is 0 Å². The van der Waals surface area contributed by atoms with E-state index in [1.165, 1.54) is 0 Å². The highest BCUT2D eigenvalue weighted by Crippen LogP contribution is 1.66. The molecule has 0 amide bonds. The Morgan fingerprint density at radius 2 is 3.00 bits per heavy atom. The highest BCUT2D eigenvalue weighted by atomic mass is 16.3. The molecular formula is C3H6O3. The van der Waals surface area contributed by atoms with Crippen LogP contribution in [0.1, 0.15) is 0 Å². The van der Waals surface area contributed by atoms with E-state index in [2.05, 4.69) is 10.2 Å². The van der Waals surface area contributed by atoms with E-state index in [4.69, 9.17) is 2.86 Å². The quantitative estimate of drug-likeness (QED) is 0.416. The highest BCUT2D eigenvalue weighted by Gasteiger charge is 1.92. The molecule has 3 heteroatoms.